The molecule has 1 N–H and O–H groups in total. The zero-order chi connectivity index (χ0) is 25.0. The van der Waals surface area contributed by atoms with Crippen LogP contribution in [0.1, 0.15) is 28.1 Å². The van der Waals surface area contributed by atoms with Gasteiger partial charge in [0.25, 0.3) is 5.91 Å². The van der Waals surface area contributed by atoms with E-state index in [2.05, 4.69) is 47.1 Å². The Morgan fingerprint density at radius 1 is 1.06 bits per heavy atom. The molecule has 1 heterocycles. The van der Waals surface area contributed by atoms with Crippen molar-refractivity contribution in [1.29, 1.82) is 0 Å². The zero-order valence-corrected chi connectivity index (χ0v) is 21.1. The van der Waals surface area contributed by atoms with Crippen LogP contribution in [0.3, 0.4) is 0 Å². The predicted molar refractivity (Wildman–Crippen MR) is 136 cm³/mol. The van der Waals surface area contributed by atoms with Crippen LogP contribution >= 0.6 is 0 Å². The van der Waals surface area contributed by atoms with Gasteiger partial charge in [-0.3, -0.25) is 9.10 Å². The van der Waals surface area contributed by atoms with Crippen molar-refractivity contribution in [3.8, 4) is 11.4 Å². The molecule has 0 aliphatic heterocycles. The molecule has 1 aromatic heterocycles. The molecule has 180 valence electrons. The molecule has 0 saturated heterocycles. The van der Waals surface area contributed by atoms with E-state index in [1.165, 1.54) is 18.2 Å². The Labute approximate surface area is 200 Å². The number of benzene rings is 2. The number of ether oxygens (including phenoxy) is 1. The number of anilines is 1. The number of amides is 1. The van der Waals surface area contributed by atoms with E-state index < -0.39 is 22.5 Å². The lowest BCUT2D eigenvalue weighted by molar-refractivity contribution is -0.119. The summed E-state index contributed by atoms with van der Waals surface area (Å²) in [7, 11) is -2.16. The molecule has 0 bridgehead atoms. The number of aryl methyl sites for hydroxylation is 3. The van der Waals surface area contributed by atoms with Crippen molar-refractivity contribution in [2.45, 2.75) is 27.7 Å². The molecule has 0 aliphatic carbocycles. The molecule has 9 heteroatoms. The number of rotatable bonds is 8. The predicted octanol–water partition coefficient (Wildman–Crippen LogP) is 3.64. The molecule has 0 saturated carbocycles. The first-order valence-electron chi connectivity index (χ1n) is 10.7. The normalized spacial score (nSPS) is 11.6. The standard InChI is InChI=1S/C25H30N4O4S/c1-17-7-8-23(13-18(17)2)29-19(3)14-21(20(29)4)15-26-27-25(30)16-28(34(6,31)32)22-9-11-24(33-5)12-10-22/h7-15H,16H2,1-6H3,(H,27,30)/b26-15+. The fourth-order valence-corrected chi connectivity index (χ4v) is 4.52. The van der Waals surface area contributed by atoms with Gasteiger partial charge in [0, 0.05) is 22.6 Å². The number of hydrogen-bond donors (Lipinski definition) is 1. The van der Waals surface area contributed by atoms with Gasteiger partial charge in [-0.2, -0.15) is 5.10 Å². The number of hydrogen-bond acceptors (Lipinski definition) is 5. The number of hydrazone groups is 1. The molecular formula is C25H30N4O4S. The molecule has 0 atom stereocenters. The number of aromatic nitrogens is 1. The minimum Gasteiger partial charge on any atom is -0.497 e. The highest BCUT2D eigenvalue weighted by molar-refractivity contribution is 7.92. The summed E-state index contributed by atoms with van der Waals surface area (Å²) >= 11 is 0. The lowest BCUT2D eigenvalue weighted by Gasteiger charge is -2.21. The third-order valence-electron chi connectivity index (χ3n) is 5.66. The molecule has 3 rings (SSSR count). The molecule has 8 nitrogen and oxygen atoms in total. The Morgan fingerprint density at radius 2 is 1.74 bits per heavy atom. The minimum absolute atomic E-state index is 0.361. The van der Waals surface area contributed by atoms with Crippen LogP contribution in [0.5, 0.6) is 5.75 Å². The van der Waals surface area contributed by atoms with Crippen LogP contribution in [0.4, 0.5) is 5.69 Å². The van der Waals surface area contributed by atoms with Crippen LogP contribution in [0, 0.1) is 27.7 Å². The quantitative estimate of drug-likeness (QED) is 0.392. The maximum Gasteiger partial charge on any atom is 0.260 e. The summed E-state index contributed by atoms with van der Waals surface area (Å²) in [5.41, 5.74) is 9.16. The second kappa shape index (κ2) is 10.1. The van der Waals surface area contributed by atoms with E-state index in [1.807, 2.05) is 19.9 Å². The van der Waals surface area contributed by atoms with Gasteiger partial charge in [-0.15, -0.1) is 0 Å². The second-order valence-corrected chi connectivity index (χ2v) is 10.1. The van der Waals surface area contributed by atoms with Crippen molar-refractivity contribution >= 4 is 27.8 Å². The topological polar surface area (TPSA) is 93.0 Å². The maximum atomic E-state index is 12.5. The summed E-state index contributed by atoms with van der Waals surface area (Å²) in [6.45, 7) is 7.76. The largest absolute Gasteiger partial charge is 0.497 e. The first-order valence-corrected chi connectivity index (χ1v) is 12.6. The molecule has 1 amide bonds. The van der Waals surface area contributed by atoms with Crippen LogP contribution in [0.25, 0.3) is 5.69 Å². The van der Waals surface area contributed by atoms with Crippen LogP contribution < -0.4 is 14.5 Å². The summed E-state index contributed by atoms with van der Waals surface area (Å²) in [5.74, 6) is 0.0325. The summed E-state index contributed by atoms with van der Waals surface area (Å²) in [4.78, 5) is 12.5. The van der Waals surface area contributed by atoms with Gasteiger partial charge in [0.2, 0.25) is 10.0 Å². The highest BCUT2D eigenvalue weighted by atomic mass is 32.2. The van der Waals surface area contributed by atoms with Crippen LogP contribution in [0.2, 0.25) is 0 Å². The van der Waals surface area contributed by atoms with E-state index in [9.17, 15) is 13.2 Å². The second-order valence-electron chi connectivity index (χ2n) is 8.19. The molecule has 0 radical (unpaired) electrons. The van der Waals surface area contributed by atoms with E-state index in [1.54, 1.807) is 30.5 Å². The molecule has 0 fully saturated rings. The first-order chi connectivity index (χ1) is 16.0. The van der Waals surface area contributed by atoms with Crippen molar-refractivity contribution in [1.82, 2.24) is 9.99 Å². The van der Waals surface area contributed by atoms with Gasteiger partial charge >= 0.3 is 0 Å². The number of carbonyl (C=O) groups is 1. The SMILES string of the molecule is COc1ccc(N(CC(=O)N/N=C/c2cc(C)n(-c3ccc(C)c(C)c3)c2C)S(C)(=O)=O)cc1. The van der Waals surface area contributed by atoms with Gasteiger partial charge in [-0.1, -0.05) is 6.07 Å². The Kier molecular flexibility index (Phi) is 7.46. The van der Waals surface area contributed by atoms with Crippen LogP contribution in [-0.4, -0.2) is 45.0 Å². The van der Waals surface area contributed by atoms with Crippen LogP contribution in [-0.2, 0) is 14.8 Å². The number of sulfonamides is 1. The number of nitrogens with one attached hydrogen (secondary N) is 1. The van der Waals surface area contributed by atoms with Crippen molar-refractivity contribution in [3.63, 3.8) is 0 Å². The van der Waals surface area contributed by atoms with Gasteiger partial charge in [-0.25, -0.2) is 13.8 Å². The Bertz CT molecular complexity index is 1330. The minimum atomic E-state index is -3.68. The van der Waals surface area contributed by atoms with E-state index >= 15 is 0 Å². The Hall–Kier alpha value is -3.59. The van der Waals surface area contributed by atoms with Crippen molar-refractivity contribution < 1.29 is 17.9 Å². The maximum absolute atomic E-state index is 12.5. The smallest absolute Gasteiger partial charge is 0.260 e. The number of carbonyl (C=O) groups excluding carboxylic acids is 1. The molecule has 3 aromatic rings. The average Bonchev–Trinajstić information content (AvgIpc) is 3.06. The van der Waals surface area contributed by atoms with E-state index in [0.29, 0.717) is 11.4 Å². The Balaban J connectivity index is 1.74. The highest BCUT2D eigenvalue weighted by Gasteiger charge is 2.21. The summed E-state index contributed by atoms with van der Waals surface area (Å²) in [5, 5.41) is 4.06. The average molecular weight is 483 g/mol. The lowest BCUT2D eigenvalue weighted by Crippen LogP contribution is -2.39. The Morgan fingerprint density at radius 3 is 2.32 bits per heavy atom. The summed E-state index contributed by atoms with van der Waals surface area (Å²) in [6, 6.07) is 14.7. The summed E-state index contributed by atoms with van der Waals surface area (Å²) in [6.07, 6.45) is 2.62. The number of methoxy groups -OCH3 is 1. The zero-order valence-electron chi connectivity index (χ0n) is 20.3. The fraction of sp³-hybridized carbons (Fsp3) is 0.280. The fourth-order valence-electron chi connectivity index (χ4n) is 3.67. The van der Waals surface area contributed by atoms with Gasteiger partial charge in [-0.05, 0) is 81.3 Å². The van der Waals surface area contributed by atoms with Gasteiger partial charge in [0.05, 0.1) is 25.3 Å². The number of nitrogens with zero attached hydrogens (tertiary/aromatic N) is 3. The van der Waals surface area contributed by atoms with Crippen LogP contribution in [0.15, 0.2) is 53.6 Å². The van der Waals surface area contributed by atoms with E-state index in [4.69, 9.17) is 4.74 Å². The summed E-state index contributed by atoms with van der Waals surface area (Å²) < 4.78 is 32.8. The van der Waals surface area contributed by atoms with Crippen molar-refractivity contribution in [2.75, 3.05) is 24.2 Å². The van der Waals surface area contributed by atoms with Gasteiger partial charge in [0.15, 0.2) is 0 Å². The monoisotopic (exact) mass is 482 g/mol. The lowest BCUT2D eigenvalue weighted by atomic mass is 10.1. The molecule has 2 aromatic carbocycles. The molecule has 0 unspecified atom stereocenters. The molecule has 34 heavy (non-hydrogen) atoms. The van der Waals surface area contributed by atoms with Gasteiger partial charge < -0.3 is 9.30 Å². The molecular weight excluding hydrogens is 452 g/mol. The highest BCUT2D eigenvalue weighted by Crippen LogP contribution is 2.23. The molecule has 0 spiro atoms. The van der Waals surface area contributed by atoms with Crippen molar-refractivity contribution in [2.24, 2.45) is 5.10 Å². The van der Waals surface area contributed by atoms with Gasteiger partial charge in [0.1, 0.15) is 12.3 Å². The van der Waals surface area contributed by atoms with E-state index in [0.717, 1.165) is 33.2 Å². The van der Waals surface area contributed by atoms with Crippen molar-refractivity contribution in [3.05, 3.63) is 76.6 Å². The molecule has 0 aliphatic rings. The van der Waals surface area contributed by atoms with E-state index in [-0.39, 0.29) is 0 Å². The first kappa shape index (κ1) is 25.0. The third kappa shape index (κ3) is 5.66. The third-order valence-corrected chi connectivity index (χ3v) is 6.80.